The molecule has 0 saturated carbocycles. The molecule has 19 heavy (non-hydrogen) atoms. The van der Waals surface area contributed by atoms with Gasteiger partial charge in [-0.25, -0.2) is 4.39 Å². The Morgan fingerprint density at radius 1 is 1.42 bits per heavy atom. The minimum absolute atomic E-state index is 0.0476. The van der Waals surface area contributed by atoms with Crippen molar-refractivity contribution in [3.05, 3.63) is 29.8 Å². The lowest BCUT2D eigenvalue weighted by Crippen LogP contribution is -2.27. The van der Waals surface area contributed by atoms with Crippen LogP contribution in [0.2, 0.25) is 0 Å². The Morgan fingerprint density at radius 2 is 2.11 bits per heavy atom. The molecule has 0 bridgehead atoms. The average molecular weight is 266 g/mol. The number of halogens is 1. The lowest BCUT2D eigenvalue weighted by molar-refractivity contribution is -0.119. The van der Waals surface area contributed by atoms with Crippen molar-refractivity contribution < 1.29 is 13.9 Å². The molecule has 1 amide bonds. The molecular weight excluding hydrogens is 247 g/mol. The predicted octanol–water partition coefficient (Wildman–Crippen LogP) is 1.57. The molecule has 1 aliphatic rings. The molecule has 5 heteroatoms. The van der Waals surface area contributed by atoms with E-state index in [1.165, 1.54) is 6.92 Å². The fraction of sp³-hybridized carbons (Fsp3) is 0.500. The zero-order chi connectivity index (χ0) is 13.8. The number of carbonyl (C=O) groups is 1. The molecule has 1 aliphatic heterocycles. The van der Waals surface area contributed by atoms with E-state index >= 15 is 0 Å². The summed E-state index contributed by atoms with van der Waals surface area (Å²) in [5.74, 6) is 0.584. The Hall–Kier alpha value is -1.62. The fourth-order valence-electron chi connectivity index (χ4n) is 2.14. The van der Waals surface area contributed by atoms with Gasteiger partial charge in [0.2, 0.25) is 5.91 Å². The van der Waals surface area contributed by atoms with Gasteiger partial charge in [0.25, 0.3) is 0 Å². The molecule has 1 aromatic carbocycles. The maximum absolute atomic E-state index is 13.4. The second kappa shape index (κ2) is 6.02. The van der Waals surface area contributed by atoms with Crippen molar-refractivity contribution >= 4 is 5.91 Å². The van der Waals surface area contributed by atoms with Crippen LogP contribution in [0.15, 0.2) is 24.3 Å². The monoisotopic (exact) mass is 266 g/mol. The summed E-state index contributed by atoms with van der Waals surface area (Å²) in [5.41, 5.74) is 0.990. The Labute approximate surface area is 112 Å². The Bertz CT molecular complexity index is 436. The van der Waals surface area contributed by atoms with Gasteiger partial charge in [0.15, 0.2) is 6.17 Å². The van der Waals surface area contributed by atoms with E-state index in [2.05, 4.69) is 10.6 Å². The number of hydrogen-bond donors (Lipinski definition) is 2. The number of amides is 1. The van der Waals surface area contributed by atoms with E-state index in [9.17, 15) is 9.18 Å². The van der Waals surface area contributed by atoms with E-state index in [1.807, 2.05) is 19.1 Å². The molecule has 2 N–H and O–H groups in total. The highest BCUT2D eigenvalue weighted by Crippen LogP contribution is 2.20. The van der Waals surface area contributed by atoms with Crippen LogP contribution in [-0.2, 0) is 4.79 Å². The fourth-order valence-corrected chi connectivity index (χ4v) is 2.14. The molecule has 0 unspecified atom stereocenters. The molecule has 3 atom stereocenters. The molecule has 1 aromatic rings. The Kier molecular flexibility index (Phi) is 4.37. The summed E-state index contributed by atoms with van der Waals surface area (Å²) in [6.45, 7) is 4.28. The van der Waals surface area contributed by atoms with Crippen molar-refractivity contribution in [1.82, 2.24) is 10.6 Å². The van der Waals surface area contributed by atoms with Crippen molar-refractivity contribution in [2.75, 3.05) is 13.1 Å². The van der Waals surface area contributed by atoms with E-state index in [4.69, 9.17) is 4.74 Å². The standard InChI is InChI=1S/C14H19FN2O2/c1-9(17-10(2)18)11-3-5-12(6-4-11)19-14-8-16-7-13(14)15/h3-6,9,13-14,16H,7-8H2,1-2H3,(H,17,18)/t9-,13+,14-/m0/s1. The molecule has 0 aliphatic carbocycles. The van der Waals surface area contributed by atoms with E-state index in [0.29, 0.717) is 18.8 Å². The highest BCUT2D eigenvalue weighted by atomic mass is 19.1. The molecule has 0 aromatic heterocycles. The molecule has 0 radical (unpaired) electrons. The third-order valence-electron chi connectivity index (χ3n) is 3.18. The first kappa shape index (κ1) is 13.8. The second-order valence-corrected chi connectivity index (χ2v) is 4.82. The van der Waals surface area contributed by atoms with Crippen molar-refractivity contribution in [2.45, 2.75) is 32.2 Å². The van der Waals surface area contributed by atoms with Crippen LogP contribution in [-0.4, -0.2) is 31.3 Å². The molecule has 1 fully saturated rings. The van der Waals surface area contributed by atoms with Gasteiger partial charge in [-0.1, -0.05) is 12.1 Å². The lowest BCUT2D eigenvalue weighted by Gasteiger charge is -2.16. The number of hydrogen-bond acceptors (Lipinski definition) is 3. The number of nitrogens with one attached hydrogen (secondary N) is 2. The summed E-state index contributed by atoms with van der Waals surface area (Å²) in [6.07, 6.45) is -1.38. The molecule has 1 saturated heterocycles. The SMILES string of the molecule is CC(=O)N[C@@H](C)c1ccc(O[C@H]2CNC[C@H]2F)cc1. The van der Waals surface area contributed by atoms with Gasteiger partial charge in [-0.3, -0.25) is 4.79 Å². The molecule has 1 heterocycles. The van der Waals surface area contributed by atoms with Crippen LogP contribution < -0.4 is 15.4 Å². The molecular formula is C14H19FN2O2. The first-order chi connectivity index (χ1) is 9.06. The van der Waals surface area contributed by atoms with Crippen LogP contribution in [0.3, 0.4) is 0 Å². The van der Waals surface area contributed by atoms with Gasteiger partial charge in [-0.15, -0.1) is 0 Å². The maximum Gasteiger partial charge on any atom is 0.217 e. The normalized spacial score (nSPS) is 23.9. The van der Waals surface area contributed by atoms with E-state index in [0.717, 1.165) is 5.56 Å². The van der Waals surface area contributed by atoms with Crippen LogP contribution in [0.1, 0.15) is 25.5 Å². The molecule has 104 valence electrons. The third-order valence-corrected chi connectivity index (χ3v) is 3.18. The van der Waals surface area contributed by atoms with Crippen LogP contribution in [0.4, 0.5) is 4.39 Å². The molecule has 0 spiro atoms. The number of alkyl halides is 1. The minimum atomic E-state index is -0.960. The summed E-state index contributed by atoms with van der Waals surface area (Å²) < 4.78 is 19.0. The zero-order valence-electron chi connectivity index (χ0n) is 11.2. The van der Waals surface area contributed by atoms with Gasteiger partial charge in [0.1, 0.15) is 11.9 Å². The number of carbonyl (C=O) groups excluding carboxylic acids is 1. The Balaban J connectivity index is 1.96. The summed E-state index contributed by atoms with van der Waals surface area (Å²) >= 11 is 0. The lowest BCUT2D eigenvalue weighted by atomic mass is 10.1. The summed E-state index contributed by atoms with van der Waals surface area (Å²) in [4.78, 5) is 11.0. The van der Waals surface area contributed by atoms with Crippen LogP contribution in [0.5, 0.6) is 5.75 Å². The van der Waals surface area contributed by atoms with Gasteiger partial charge in [-0.05, 0) is 24.6 Å². The summed E-state index contributed by atoms with van der Waals surface area (Å²) in [5, 5.41) is 5.75. The van der Waals surface area contributed by atoms with Gasteiger partial charge in [0.05, 0.1) is 6.04 Å². The van der Waals surface area contributed by atoms with Gasteiger partial charge in [-0.2, -0.15) is 0 Å². The van der Waals surface area contributed by atoms with E-state index in [1.54, 1.807) is 12.1 Å². The van der Waals surface area contributed by atoms with Crippen molar-refractivity contribution in [3.8, 4) is 5.75 Å². The highest BCUT2D eigenvalue weighted by molar-refractivity contribution is 5.73. The predicted molar refractivity (Wildman–Crippen MR) is 70.9 cm³/mol. The van der Waals surface area contributed by atoms with E-state index in [-0.39, 0.29) is 11.9 Å². The molecule has 4 nitrogen and oxygen atoms in total. The zero-order valence-corrected chi connectivity index (χ0v) is 11.2. The van der Waals surface area contributed by atoms with Crippen molar-refractivity contribution in [2.24, 2.45) is 0 Å². The largest absolute Gasteiger partial charge is 0.486 e. The van der Waals surface area contributed by atoms with Gasteiger partial charge < -0.3 is 15.4 Å². The quantitative estimate of drug-likeness (QED) is 0.870. The summed E-state index contributed by atoms with van der Waals surface area (Å²) in [7, 11) is 0. The topological polar surface area (TPSA) is 50.4 Å². The van der Waals surface area contributed by atoms with Crippen LogP contribution >= 0.6 is 0 Å². The number of benzene rings is 1. The molecule has 2 rings (SSSR count). The smallest absolute Gasteiger partial charge is 0.217 e. The van der Waals surface area contributed by atoms with Crippen molar-refractivity contribution in [1.29, 1.82) is 0 Å². The summed E-state index contributed by atoms with van der Waals surface area (Å²) in [6, 6.07) is 7.32. The van der Waals surface area contributed by atoms with E-state index < -0.39 is 12.3 Å². The van der Waals surface area contributed by atoms with Crippen molar-refractivity contribution in [3.63, 3.8) is 0 Å². The average Bonchev–Trinajstić information content (AvgIpc) is 2.75. The third kappa shape index (κ3) is 3.67. The van der Waals surface area contributed by atoms with Crippen LogP contribution in [0, 0.1) is 0 Å². The maximum atomic E-state index is 13.4. The minimum Gasteiger partial charge on any atom is -0.486 e. The number of rotatable bonds is 4. The van der Waals surface area contributed by atoms with Crippen LogP contribution in [0.25, 0.3) is 0 Å². The first-order valence-corrected chi connectivity index (χ1v) is 6.45. The second-order valence-electron chi connectivity index (χ2n) is 4.82. The highest BCUT2D eigenvalue weighted by Gasteiger charge is 2.28. The Morgan fingerprint density at radius 3 is 2.63 bits per heavy atom. The van der Waals surface area contributed by atoms with Gasteiger partial charge in [0, 0.05) is 20.0 Å². The number of ether oxygens (including phenoxy) is 1. The van der Waals surface area contributed by atoms with Gasteiger partial charge >= 0.3 is 0 Å². The first-order valence-electron chi connectivity index (χ1n) is 6.45.